The summed E-state index contributed by atoms with van der Waals surface area (Å²) in [5.74, 6) is 0.426. The molecule has 0 radical (unpaired) electrons. The topological polar surface area (TPSA) is 58.4 Å². The highest BCUT2D eigenvalue weighted by Crippen LogP contribution is 2.34. The van der Waals surface area contributed by atoms with Gasteiger partial charge in [0.1, 0.15) is 0 Å². The predicted octanol–water partition coefficient (Wildman–Crippen LogP) is 1.35. The molecule has 3 atom stereocenters. The molecule has 1 fully saturated rings. The van der Waals surface area contributed by atoms with E-state index in [2.05, 4.69) is 38.0 Å². The SMILES string of the molecule is CCNC1(C(N)=O)CCC(N(C)C(C)C(C)C)C1. The van der Waals surface area contributed by atoms with Gasteiger partial charge in [0.15, 0.2) is 0 Å². The summed E-state index contributed by atoms with van der Waals surface area (Å²) in [6.07, 6.45) is 2.74. The van der Waals surface area contributed by atoms with E-state index in [1.165, 1.54) is 0 Å². The fourth-order valence-electron chi connectivity index (χ4n) is 2.98. The molecule has 3 unspecified atom stereocenters. The summed E-state index contributed by atoms with van der Waals surface area (Å²) in [6.45, 7) is 9.54. The maximum Gasteiger partial charge on any atom is 0.237 e. The number of hydrogen-bond acceptors (Lipinski definition) is 3. The lowest BCUT2D eigenvalue weighted by Crippen LogP contribution is -2.54. The van der Waals surface area contributed by atoms with Gasteiger partial charge in [-0.2, -0.15) is 0 Å². The maximum absolute atomic E-state index is 11.7. The molecule has 0 aliphatic heterocycles. The van der Waals surface area contributed by atoms with Gasteiger partial charge < -0.3 is 16.0 Å². The second-order valence-corrected chi connectivity index (χ2v) is 6.02. The first-order chi connectivity index (χ1) is 8.34. The predicted molar refractivity (Wildman–Crippen MR) is 75.3 cm³/mol. The van der Waals surface area contributed by atoms with Crippen LogP contribution in [-0.4, -0.2) is 42.0 Å². The van der Waals surface area contributed by atoms with Crippen molar-refractivity contribution in [1.29, 1.82) is 0 Å². The number of likely N-dealkylation sites (N-methyl/N-ethyl adjacent to an activating group) is 1. The number of carbonyl (C=O) groups excluding carboxylic acids is 1. The molecule has 4 nitrogen and oxygen atoms in total. The lowest BCUT2D eigenvalue weighted by atomic mass is 9.95. The van der Waals surface area contributed by atoms with Crippen LogP contribution >= 0.6 is 0 Å². The Hall–Kier alpha value is -0.610. The van der Waals surface area contributed by atoms with Crippen molar-refractivity contribution < 1.29 is 4.79 Å². The highest BCUT2D eigenvalue weighted by molar-refractivity contribution is 5.85. The van der Waals surface area contributed by atoms with Gasteiger partial charge in [-0.3, -0.25) is 4.79 Å². The number of carbonyl (C=O) groups is 1. The van der Waals surface area contributed by atoms with E-state index in [1.807, 2.05) is 6.92 Å². The van der Waals surface area contributed by atoms with Crippen LogP contribution in [0.15, 0.2) is 0 Å². The summed E-state index contributed by atoms with van der Waals surface area (Å²) in [5.41, 5.74) is 5.12. The maximum atomic E-state index is 11.7. The Balaban J connectivity index is 2.72. The minimum atomic E-state index is -0.482. The lowest BCUT2D eigenvalue weighted by molar-refractivity contribution is -0.124. The van der Waals surface area contributed by atoms with E-state index in [0.29, 0.717) is 18.0 Å². The van der Waals surface area contributed by atoms with Crippen LogP contribution in [-0.2, 0) is 4.79 Å². The molecule has 1 saturated carbocycles. The normalized spacial score (nSPS) is 30.1. The number of nitrogens with zero attached hydrogens (tertiary/aromatic N) is 1. The molecule has 18 heavy (non-hydrogen) atoms. The first-order valence-corrected chi connectivity index (χ1v) is 7.11. The number of hydrogen-bond donors (Lipinski definition) is 2. The van der Waals surface area contributed by atoms with Gasteiger partial charge in [0.05, 0.1) is 5.54 Å². The number of nitrogens with two attached hydrogens (primary N) is 1. The van der Waals surface area contributed by atoms with E-state index >= 15 is 0 Å². The molecule has 0 aromatic rings. The van der Waals surface area contributed by atoms with Crippen molar-refractivity contribution in [2.45, 2.75) is 64.6 Å². The Kier molecular flexibility index (Phi) is 5.17. The van der Waals surface area contributed by atoms with Gasteiger partial charge in [0.25, 0.3) is 0 Å². The molecule has 0 heterocycles. The van der Waals surface area contributed by atoms with Crippen molar-refractivity contribution in [1.82, 2.24) is 10.2 Å². The van der Waals surface area contributed by atoms with Crippen molar-refractivity contribution in [2.75, 3.05) is 13.6 Å². The first-order valence-electron chi connectivity index (χ1n) is 7.11. The van der Waals surface area contributed by atoms with E-state index in [0.717, 1.165) is 25.8 Å². The van der Waals surface area contributed by atoms with Crippen LogP contribution in [0.25, 0.3) is 0 Å². The number of amides is 1. The van der Waals surface area contributed by atoms with Crippen molar-refractivity contribution in [2.24, 2.45) is 11.7 Å². The molecule has 1 rings (SSSR count). The van der Waals surface area contributed by atoms with E-state index in [9.17, 15) is 4.79 Å². The second-order valence-electron chi connectivity index (χ2n) is 6.02. The monoisotopic (exact) mass is 255 g/mol. The van der Waals surface area contributed by atoms with Crippen LogP contribution < -0.4 is 11.1 Å². The molecule has 0 saturated heterocycles. The molecule has 1 aliphatic rings. The third-order valence-corrected chi connectivity index (χ3v) is 4.66. The Morgan fingerprint density at radius 2 is 2.11 bits per heavy atom. The van der Waals surface area contributed by atoms with Crippen LogP contribution in [0.2, 0.25) is 0 Å². The van der Waals surface area contributed by atoms with Crippen molar-refractivity contribution >= 4 is 5.91 Å². The van der Waals surface area contributed by atoms with Crippen LogP contribution in [0.4, 0.5) is 0 Å². The fraction of sp³-hybridized carbons (Fsp3) is 0.929. The van der Waals surface area contributed by atoms with E-state index in [-0.39, 0.29) is 5.91 Å². The highest BCUT2D eigenvalue weighted by Gasteiger charge is 2.45. The minimum Gasteiger partial charge on any atom is -0.368 e. The first kappa shape index (κ1) is 15.4. The minimum absolute atomic E-state index is 0.197. The number of rotatable bonds is 6. The van der Waals surface area contributed by atoms with Crippen molar-refractivity contribution in [3.63, 3.8) is 0 Å². The summed E-state index contributed by atoms with van der Waals surface area (Å²) in [5, 5.41) is 3.31. The molecule has 0 bridgehead atoms. The summed E-state index contributed by atoms with van der Waals surface area (Å²) >= 11 is 0. The van der Waals surface area contributed by atoms with Gasteiger partial charge in [-0.05, 0) is 45.7 Å². The zero-order valence-corrected chi connectivity index (χ0v) is 12.5. The molecule has 0 aromatic heterocycles. The van der Waals surface area contributed by atoms with Crippen LogP contribution in [0.1, 0.15) is 47.0 Å². The van der Waals surface area contributed by atoms with E-state index in [4.69, 9.17) is 5.73 Å². The average molecular weight is 255 g/mol. The summed E-state index contributed by atoms with van der Waals surface area (Å²) in [6, 6.07) is 0.981. The van der Waals surface area contributed by atoms with E-state index in [1.54, 1.807) is 0 Å². The third kappa shape index (κ3) is 3.04. The van der Waals surface area contributed by atoms with Gasteiger partial charge in [-0.1, -0.05) is 20.8 Å². The molecule has 106 valence electrons. The number of primary amides is 1. The summed E-state index contributed by atoms with van der Waals surface area (Å²) in [4.78, 5) is 14.1. The molecule has 3 N–H and O–H groups in total. The molecule has 4 heteroatoms. The highest BCUT2D eigenvalue weighted by atomic mass is 16.1. The van der Waals surface area contributed by atoms with E-state index < -0.39 is 5.54 Å². The Bertz CT molecular complexity index is 293. The summed E-state index contributed by atoms with van der Waals surface area (Å²) < 4.78 is 0. The molecular formula is C14H29N3O. The quantitative estimate of drug-likeness (QED) is 0.753. The van der Waals surface area contributed by atoms with Crippen molar-refractivity contribution in [3.05, 3.63) is 0 Å². The second kappa shape index (κ2) is 6.02. The smallest absolute Gasteiger partial charge is 0.237 e. The summed E-state index contributed by atoms with van der Waals surface area (Å²) in [7, 11) is 2.17. The van der Waals surface area contributed by atoms with Gasteiger partial charge in [-0.25, -0.2) is 0 Å². The molecule has 0 spiro atoms. The molecule has 0 aromatic carbocycles. The average Bonchev–Trinajstić information content (AvgIpc) is 2.73. The largest absolute Gasteiger partial charge is 0.368 e. The zero-order chi connectivity index (χ0) is 13.9. The van der Waals surface area contributed by atoms with Crippen LogP contribution in [0.3, 0.4) is 0 Å². The molecule has 1 aliphatic carbocycles. The van der Waals surface area contributed by atoms with Crippen LogP contribution in [0.5, 0.6) is 0 Å². The Morgan fingerprint density at radius 1 is 1.50 bits per heavy atom. The van der Waals surface area contributed by atoms with Crippen molar-refractivity contribution in [3.8, 4) is 0 Å². The fourth-order valence-corrected chi connectivity index (χ4v) is 2.98. The van der Waals surface area contributed by atoms with Gasteiger partial charge in [0, 0.05) is 12.1 Å². The molecular weight excluding hydrogens is 226 g/mol. The Morgan fingerprint density at radius 3 is 2.56 bits per heavy atom. The Labute approximate surface area is 111 Å². The van der Waals surface area contributed by atoms with Gasteiger partial charge in [0.2, 0.25) is 5.91 Å². The van der Waals surface area contributed by atoms with Gasteiger partial charge >= 0.3 is 0 Å². The zero-order valence-electron chi connectivity index (χ0n) is 12.5. The third-order valence-electron chi connectivity index (χ3n) is 4.66. The van der Waals surface area contributed by atoms with Gasteiger partial charge in [-0.15, -0.1) is 0 Å². The lowest BCUT2D eigenvalue weighted by Gasteiger charge is -2.34. The molecule has 1 amide bonds. The number of nitrogens with one attached hydrogen (secondary N) is 1. The van der Waals surface area contributed by atoms with Crippen LogP contribution in [0, 0.1) is 5.92 Å². The standard InChI is InChI=1S/C14H29N3O/c1-6-16-14(13(15)18)8-7-12(9-14)17(5)11(4)10(2)3/h10-12,16H,6-9H2,1-5H3,(H2,15,18).